The molecule has 27 heavy (non-hydrogen) atoms. The summed E-state index contributed by atoms with van der Waals surface area (Å²) in [5.74, 6) is -0.109. The summed E-state index contributed by atoms with van der Waals surface area (Å²) in [6, 6.07) is 9.83. The van der Waals surface area contributed by atoms with E-state index in [4.69, 9.17) is 9.79 Å². The summed E-state index contributed by atoms with van der Waals surface area (Å²) >= 11 is 0. The van der Waals surface area contributed by atoms with Crippen molar-refractivity contribution >= 4 is 19.8 Å². The summed E-state index contributed by atoms with van der Waals surface area (Å²) in [5.41, 5.74) is 4.08. The van der Waals surface area contributed by atoms with Gasteiger partial charge in [0.2, 0.25) is 0 Å². The first-order chi connectivity index (χ1) is 12.8. The molecular weight excluding hydrogens is 369 g/mol. The molecule has 0 fully saturated rings. The number of carbonyl (C=O) groups excluding carboxylic acids is 2. The number of pyridine rings is 1. The van der Waals surface area contributed by atoms with Crippen LogP contribution >= 0.6 is 7.60 Å². The SMILES string of the molecule is CCN(CC)NC(=O)c1cccnc1.O=Cc1ccccc1CP(=O)(O)O. The zero-order valence-corrected chi connectivity index (χ0v) is 16.2. The highest BCUT2D eigenvalue weighted by atomic mass is 31.2. The Balaban J connectivity index is 0.000000271. The van der Waals surface area contributed by atoms with Crippen LogP contribution in [0.2, 0.25) is 0 Å². The normalized spacial score (nSPS) is 10.7. The van der Waals surface area contributed by atoms with E-state index in [1.54, 1.807) is 36.7 Å². The Hall–Kier alpha value is -2.38. The highest BCUT2D eigenvalue weighted by Crippen LogP contribution is 2.39. The summed E-state index contributed by atoms with van der Waals surface area (Å²) in [5, 5.41) is 1.84. The van der Waals surface area contributed by atoms with Crippen molar-refractivity contribution in [2.75, 3.05) is 13.1 Å². The maximum Gasteiger partial charge on any atom is 0.329 e. The van der Waals surface area contributed by atoms with Crippen LogP contribution in [0.4, 0.5) is 0 Å². The molecule has 2 aromatic rings. The molecule has 3 N–H and O–H groups in total. The van der Waals surface area contributed by atoms with Crippen molar-refractivity contribution in [3.8, 4) is 0 Å². The number of rotatable bonds is 7. The molecule has 0 atom stereocenters. The second-order valence-corrected chi connectivity index (χ2v) is 7.14. The van der Waals surface area contributed by atoms with Crippen LogP contribution in [0, 0.1) is 0 Å². The lowest BCUT2D eigenvalue weighted by atomic mass is 10.1. The topological polar surface area (TPSA) is 120 Å². The van der Waals surface area contributed by atoms with E-state index in [1.807, 2.05) is 18.9 Å². The van der Waals surface area contributed by atoms with E-state index >= 15 is 0 Å². The largest absolute Gasteiger partial charge is 0.329 e. The number of nitrogens with zero attached hydrogens (tertiary/aromatic N) is 2. The van der Waals surface area contributed by atoms with Crippen molar-refractivity contribution < 1.29 is 23.9 Å². The summed E-state index contributed by atoms with van der Waals surface area (Å²) in [6.45, 7) is 5.57. The molecule has 9 heteroatoms. The van der Waals surface area contributed by atoms with Gasteiger partial charge in [-0.1, -0.05) is 38.1 Å². The molecule has 8 nitrogen and oxygen atoms in total. The summed E-state index contributed by atoms with van der Waals surface area (Å²) in [7, 11) is -4.09. The van der Waals surface area contributed by atoms with Crippen molar-refractivity contribution in [3.05, 3.63) is 65.5 Å². The number of aldehydes is 1. The monoisotopic (exact) mass is 393 g/mol. The second-order valence-electron chi connectivity index (χ2n) is 5.49. The minimum atomic E-state index is -4.09. The van der Waals surface area contributed by atoms with Crippen molar-refractivity contribution in [1.82, 2.24) is 15.4 Å². The molecule has 0 radical (unpaired) electrons. The van der Waals surface area contributed by atoms with Gasteiger partial charge in [0, 0.05) is 31.0 Å². The van der Waals surface area contributed by atoms with Crippen LogP contribution in [-0.4, -0.2) is 45.1 Å². The lowest BCUT2D eigenvalue weighted by Crippen LogP contribution is -2.41. The Morgan fingerprint density at radius 1 is 1.19 bits per heavy atom. The van der Waals surface area contributed by atoms with E-state index in [0.29, 0.717) is 23.0 Å². The molecule has 1 heterocycles. The van der Waals surface area contributed by atoms with Gasteiger partial charge in [0.25, 0.3) is 5.91 Å². The minimum absolute atomic E-state index is 0.109. The second kappa shape index (κ2) is 11.4. The number of aromatic nitrogens is 1. The van der Waals surface area contributed by atoms with Crippen molar-refractivity contribution in [2.45, 2.75) is 20.0 Å². The summed E-state index contributed by atoms with van der Waals surface area (Å²) in [6.07, 6.45) is 3.40. The molecule has 0 aliphatic rings. The molecule has 0 spiro atoms. The Morgan fingerprint density at radius 2 is 1.85 bits per heavy atom. The Labute approximate surface area is 158 Å². The predicted octanol–water partition coefficient (Wildman–Crippen LogP) is 2.25. The van der Waals surface area contributed by atoms with Crippen LogP contribution < -0.4 is 5.43 Å². The van der Waals surface area contributed by atoms with Crippen LogP contribution in [0.1, 0.15) is 40.1 Å². The number of benzene rings is 1. The molecule has 0 saturated heterocycles. The quantitative estimate of drug-likeness (QED) is 0.375. The molecule has 0 unspecified atom stereocenters. The fourth-order valence-electron chi connectivity index (χ4n) is 2.10. The van der Waals surface area contributed by atoms with Crippen LogP contribution in [0.5, 0.6) is 0 Å². The van der Waals surface area contributed by atoms with Gasteiger partial charge in [-0.2, -0.15) is 0 Å². The zero-order chi connectivity index (χ0) is 20.3. The Morgan fingerprint density at radius 3 is 2.37 bits per heavy atom. The molecule has 1 aromatic heterocycles. The van der Waals surface area contributed by atoms with Gasteiger partial charge in [-0.25, -0.2) is 5.01 Å². The average molecular weight is 393 g/mol. The first-order valence-electron chi connectivity index (χ1n) is 8.34. The van der Waals surface area contributed by atoms with Gasteiger partial charge in [-0.15, -0.1) is 0 Å². The standard InChI is InChI=1S/C10H15N3O.C8H9O4P/c1-3-13(4-2)12-10(14)9-6-5-7-11-8-9;9-5-7-3-1-2-4-8(7)6-13(10,11)12/h5-8H,3-4H2,1-2H3,(H,12,14);1-5H,6H2,(H2,10,11,12). The van der Waals surface area contributed by atoms with Gasteiger partial charge < -0.3 is 9.79 Å². The first-order valence-corrected chi connectivity index (χ1v) is 10.1. The van der Waals surface area contributed by atoms with Gasteiger partial charge in [-0.05, 0) is 17.7 Å². The van der Waals surface area contributed by atoms with E-state index in [9.17, 15) is 14.2 Å². The number of carbonyl (C=O) groups is 2. The highest BCUT2D eigenvalue weighted by molar-refractivity contribution is 7.50. The fraction of sp³-hybridized carbons (Fsp3) is 0.278. The third-order valence-corrected chi connectivity index (χ3v) is 4.26. The van der Waals surface area contributed by atoms with Gasteiger partial charge in [0.05, 0.1) is 11.7 Å². The van der Waals surface area contributed by atoms with Crippen molar-refractivity contribution in [2.24, 2.45) is 0 Å². The van der Waals surface area contributed by atoms with E-state index < -0.39 is 7.60 Å². The van der Waals surface area contributed by atoms with E-state index in [-0.39, 0.29) is 12.1 Å². The van der Waals surface area contributed by atoms with E-state index in [1.165, 1.54) is 12.1 Å². The fourth-order valence-corrected chi connectivity index (χ4v) is 2.83. The maximum absolute atomic E-state index is 11.6. The number of hydrazine groups is 1. The third-order valence-electron chi connectivity index (χ3n) is 3.51. The number of nitrogens with one attached hydrogen (secondary N) is 1. The molecule has 0 bridgehead atoms. The zero-order valence-electron chi connectivity index (χ0n) is 15.3. The summed E-state index contributed by atoms with van der Waals surface area (Å²) < 4.78 is 10.6. The Bertz CT molecular complexity index is 776. The van der Waals surface area contributed by atoms with Crippen LogP contribution in [0.15, 0.2) is 48.8 Å². The number of hydrogen-bond acceptors (Lipinski definition) is 5. The molecule has 1 amide bonds. The van der Waals surface area contributed by atoms with E-state index in [2.05, 4.69) is 10.4 Å². The van der Waals surface area contributed by atoms with Crippen molar-refractivity contribution in [1.29, 1.82) is 0 Å². The van der Waals surface area contributed by atoms with Gasteiger partial charge in [0.1, 0.15) is 6.29 Å². The van der Waals surface area contributed by atoms with Crippen molar-refractivity contribution in [3.63, 3.8) is 0 Å². The van der Waals surface area contributed by atoms with E-state index in [0.717, 1.165) is 13.1 Å². The number of amides is 1. The molecule has 2 rings (SSSR count). The molecule has 0 aliphatic carbocycles. The smallest absolute Gasteiger partial charge is 0.324 e. The minimum Gasteiger partial charge on any atom is -0.324 e. The molecule has 1 aromatic carbocycles. The van der Waals surface area contributed by atoms with Crippen LogP contribution in [-0.2, 0) is 10.7 Å². The van der Waals surface area contributed by atoms with Crippen LogP contribution in [0.25, 0.3) is 0 Å². The Kier molecular flexibility index (Phi) is 9.53. The maximum atomic E-state index is 11.6. The average Bonchev–Trinajstić information content (AvgIpc) is 2.66. The third kappa shape index (κ3) is 8.70. The molecule has 0 aliphatic heterocycles. The first kappa shape index (κ1) is 22.7. The lowest BCUT2D eigenvalue weighted by Gasteiger charge is -2.18. The van der Waals surface area contributed by atoms with Gasteiger partial charge in [-0.3, -0.25) is 24.6 Å². The van der Waals surface area contributed by atoms with Gasteiger partial charge in [0.15, 0.2) is 0 Å². The summed E-state index contributed by atoms with van der Waals surface area (Å²) in [4.78, 5) is 43.3. The molecule has 146 valence electrons. The lowest BCUT2D eigenvalue weighted by molar-refractivity contribution is 0.0805. The highest BCUT2D eigenvalue weighted by Gasteiger charge is 2.15. The van der Waals surface area contributed by atoms with Gasteiger partial charge >= 0.3 is 7.60 Å². The van der Waals surface area contributed by atoms with Crippen LogP contribution in [0.3, 0.4) is 0 Å². The predicted molar refractivity (Wildman–Crippen MR) is 102 cm³/mol. The number of hydrogen-bond donors (Lipinski definition) is 3. The molecule has 0 saturated carbocycles. The molecular formula is C18H24N3O5P.